The number of non-ortho nitro benzene ring substituents is 1. The highest BCUT2D eigenvalue weighted by Crippen LogP contribution is 2.28. The predicted octanol–water partition coefficient (Wildman–Crippen LogP) is 7.74. The molecule has 0 aliphatic carbocycles. The fourth-order valence-electron chi connectivity index (χ4n) is 4.22. The van der Waals surface area contributed by atoms with Crippen molar-refractivity contribution in [1.29, 1.82) is 0 Å². The van der Waals surface area contributed by atoms with Crippen molar-refractivity contribution in [2.75, 3.05) is 31.7 Å². The molecule has 216 valence electrons. The van der Waals surface area contributed by atoms with E-state index in [4.69, 9.17) is 9.47 Å². The Morgan fingerprint density at radius 3 is 1.84 bits per heavy atom. The number of esters is 1. The molecule has 0 radical (unpaired) electrons. The zero-order valence-corrected chi connectivity index (χ0v) is 23.1. The number of anilines is 1. The van der Waals surface area contributed by atoms with Gasteiger partial charge in [0.1, 0.15) is 12.3 Å². The van der Waals surface area contributed by atoms with Crippen molar-refractivity contribution in [3.8, 4) is 0 Å². The van der Waals surface area contributed by atoms with E-state index in [0.717, 1.165) is 25.3 Å². The molecule has 0 amide bonds. The van der Waals surface area contributed by atoms with E-state index in [1.165, 1.54) is 89.2 Å². The zero-order chi connectivity index (χ0) is 27.8. The van der Waals surface area contributed by atoms with Crippen LogP contribution in [0.5, 0.6) is 0 Å². The van der Waals surface area contributed by atoms with Crippen molar-refractivity contribution < 1.29 is 24.1 Å². The molecule has 0 saturated heterocycles. The lowest BCUT2D eigenvalue weighted by molar-refractivity contribution is -0.393. The van der Waals surface area contributed by atoms with Gasteiger partial charge in [-0.15, -0.1) is 0 Å². The van der Waals surface area contributed by atoms with Crippen LogP contribution in [0.1, 0.15) is 110 Å². The topological polar surface area (TPSA) is 134 Å². The number of nitrogens with zero attached hydrogens (tertiary/aromatic N) is 2. The molecule has 0 atom stereocenters. The van der Waals surface area contributed by atoms with Crippen molar-refractivity contribution in [3.63, 3.8) is 0 Å². The van der Waals surface area contributed by atoms with Gasteiger partial charge in [-0.05, 0) is 12.5 Å². The SMILES string of the molecule is CCCCCCCCCCCCCCCCCC(=O)OCCOCCNc1ccc([N+](=O)[O-])cc1[N+](=O)[O-]. The van der Waals surface area contributed by atoms with E-state index in [-0.39, 0.29) is 49.4 Å². The molecule has 0 aliphatic heterocycles. The lowest BCUT2D eigenvalue weighted by atomic mass is 10.0. The van der Waals surface area contributed by atoms with Crippen molar-refractivity contribution in [2.24, 2.45) is 0 Å². The Morgan fingerprint density at radius 1 is 0.763 bits per heavy atom. The Balaban J connectivity index is 1.92. The largest absolute Gasteiger partial charge is 0.463 e. The van der Waals surface area contributed by atoms with E-state index >= 15 is 0 Å². The first-order valence-electron chi connectivity index (χ1n) is 14.4. The Bertz CT molecular complexity index is 805. The summed E-state index contributed by atoms with van der Waals surface area (Å²) in [4.78, 5) is 32.4. The number of hydrogen-bond acceptors (Lipinski definition) is 8. The molecule has 1 aromatic carbocycles. The quantitative estimate of drug-likeness (QED) is 0.0579. The van der Waals surface area contributed by atoms with E-state index in [2.05, 4.69) is 12.2 Å². The van der Waals surface area contributed by atoms with Crippen molar-refractivity contribution in [2.45, 2.75) is 110 Å². The minimum atomic E-state index is -0.679. The Labute approximate surface area is 227 Å². The van der Waals surface area contributed by atoms with E-state index in [1.54, 1.807) is 0 Å². The van der Waals surface area contributed by atoms with Gasteiger partial charge in [-0.1, -0.05) is 96.8 Å². The molecule has 1 aromatic rings. The Morgan fingerprint density at radius 2 is 1.32 bits per heavy atom. The van der Waals surface area contributed by atoms with Crippen LogP contribution in [0.3, 0.4) is 0 Å². The number of carbonyl (C=O) groups is 1. The first-order valence-corrected chi connectivity index (χ1v) is 14.4. The van der Waals surface area contributed by atoms with Gasteiger partial charge < -0.3 is 14.8 Å². The summed E-state index contributed by atoms with van der Waals surface area (Å²) in [6.45, 7) is 3.16. The van der Waals surface area contributed by atoms with Crippen LogP contribution in [0.2, 0.25) is 0 Å². The molecule has 0 spiro atoms. The van der Waals surface area contributed by atoms with Gasteiger partial charge in [0.2, 0.25) is 0 Å². The van der Waals surface area contributed by atoms with Crippen LogP contribution in [0.4, 0.5) is 17.1 Å². The maximum Gasteiger partial charge on any atom is 0.305 e. The summed E-state index contributed by atoms with van der Waals surface area (Å²) in [5, 5.41) is 24.7. The summed E-state index contributed by atoms with van der Waals surface area (Å²) >= 11 is 0. The number of benzene rings is 1. The number of nitro groups is 2. The summed E-state index contributed by atoms with van der Waals surface area (Å²) in [7, 11) is 0. The number of rotatable bonds is 25. The van der Waals surface area contributed by atoms with Gasteiger partial charge in [-0.3, -0.25) is 25.0 Å². The molecule has 10 nitrogen and oxygen atoms in total. The zero-order valence-electron chi connectivity index (χ0n) is 23.1. The molecular formula is C28H47N3O7. The van der Waals surface area contributed by atoms with Crippen LogP contribution in [-0.2, 0) is 14.3 Å². The molecule has 38 heavy (non-hydrogen) atoms. The average molecular weight is 538 g/mol. The van der Waals surface area contributed by atoms with E-state index in [1.807, 2.05) is 0 Å². The third-order valence-corrected chi connectivity index (χ3v) is 6.43. The summed E-state index contributed by atoms with van der Waals surface area (Å²) in [5.41, 5.74) is -0.532. The van der Waals surface area contributed by atoms with E-state index in [9.17, 15) is 25.0 Å². The molecule has 0 aliphatic rings. The molecule has 0 heterocycles. The van der Waals surface area contributed by atoms with Crippen LogP contribution in [0.25, 0.3) is 0 Å². The smallest absolute Gasteiger partial charge is 0.305 e. The predicted molar refractivity (Wildman–Crippen MR) is 150 cm³/mol. The van der Waals surface area contributed by atoms with Gasteiger partial charge in [-0.25, -0.2) is 0 Å². The van der Waals surface area contributed by atoms with Gasteiger partial charge in [0.25, 0.3) is 11.4 Å². The molecule has 0 aromatic heterocycles. The van der Waals surface area contributed by atoms with Gasteiger partial charge in [0.15, 0.2) is 0 Å². The molecule has 1 N–H and O–H groups in total. The number of ether oxygens (including phenoxy) is 2. The van der Waals surface area contributed by atoms with Crippen LogP contribution < -0.4 is 5.32 Å². The number of hydrogen-bond donors (Lipinski definition) is 1. The van der Waals surface area contributed by atoms with Gasteiger partial charge in [0, 0.05) is 19.0 Å². The van der Waals surface area contributed by atoms with E-state index in [0.29, 0.717) is 6.42 Å². The van der Waals surface area contributed by atoms with Gasteiger partial charge in [0.05, 0.1) is 29.1 Å². The number of nitro benzene ring substituents is 2. The summed E-state index contributed by atoms with van der Waals surface area (Å²) < 4.78 is 10.6. The summed E-state index contributed by atoms with van der Waals surface area (Å²) in [5.74, 6) is -0.220. The highest BCUT2D eigenvalue weighted by molar-refractivity contribution is 5.69. The summed E-state index contributed by atoms with van der Waals surface area (Å²) in [6.07, 6.45) is 19.7. The number of carbonyl (C=O) groups excluding carboxylic acids is 1. The molecule has 10 heteroatoms. The fraction of sp³-hybridized carbons (Fsp3) is 0.750. The molecular weight excluding hydrogens is 490 g/mol. The van der Waals surface area contributed by atoms with Crippen LogP contribution in [-0.4, -0.2) is 42.2 Å². The Hall–Kier alpha value is -2.75. The molecule has 0 unspecified atom stereocenters. The third-order valence-electron chi connectivity index (χ3n) is 6.43. The minimum Gasteiger partial charge on any atom is -0.463 e. The highest BCUT2D eigenvalue weighted by atomic mass is 16.6. The number of nitrogens with one attached hydrogen (secondary N) is 1. The minimum absolute atomic E-state index is 0.162. The third kappa shape index (κ3) is 16.9. The maximum atomic E-state index is 11.8. The monoisotopic (exact) mass is 537 g/mol. The second-order valence-corrected chi connectivity index (χ2v) is 9.68. The Kier molecular flexibility index (Phi) is 19.5. The van der Waals surface area contributed by atoms with Crippen molar-refractivity contribution >= 4 is 23.0 Å². The first kappa shape index (κ1) is 33.3. The molecule has 0 bridgehead atoms. The first-order chi connectivity index (χ1) is 18.5. The van der Waals surface area contributed by atoms with E-state index < -0.39 is 9.85 Å². The van der Waals surface area contributed by atoms with Crippen LogP contribution in [0, 0.1) is 20.2 Å². The van der Waals surface area contributed by atoms with Crippen LogP contribution in [0.15, 0.2) is 18.2 Å². The van der Waals surface area contributed by atoms with Crippen molar-refractivity contribution in [1.82, 2.24) is 0 Å². The maximum absolute atomic E-state index is 11.8. The van der Waals surface area contributed by atoms with Gasteiger partial charge in [-0.2, -0.15) is 0 Å². The van der Waals surface area contributed by atoms with Crippen LogP contribution >= 0.6 is 0 Å². The lowest BCUT2D eigenvalue weighted by Crippen LogP contribution is -2.15. The molecule has 0 saturated carbocycles. The second-order valence-electron chi connectivity index (χ2n) is 9.68. The summed E-state index contributed by atoms with van der Waals surface area (Å²) in [6, 6.07) is 3.42. The van der Waals surface area contributed by atoms with Gasteiger partial charge >= 0.3 is 5.97 Å². The molecule has 1 rings (SSSR count). The lowest BCUT2D eigenvalue weighted by Gasteiger charge is -2.08. The normalized spacial score (nSPS) is 10.9. The highest BCUT2D eigenvalue weighted by Gasteiger charge is 2.19. The average Bonchev–Trinajstić information content (AvgIpc) is 2.90. The second kappa shape index (κ2) is 22.3. The molecule has 0 fully saturated rings. The fourth-order valence-corrected chi connectivity index (χ4v) is 4.22. The van der Waals surface area contributed by atoms with Crippen molar-refractivity contribution in [3.05, 3.63) is 38.4 Å². The number of unbranched alkanes of at least 4 members (excludes halogenated alkanes) is 14. The standard InChI is InChI=1S/C28H47N3O7/c1-2-3-4-5-6-7-8-9-10-11-12-13-14-15-16-17-28(32)38-23-22-37-21-20-29-26-19-18-25(30(33)34)24-27(26)31(35)36/h18-19,24,29H,2-17,20-23H2,1H3.